The Kier molecular flexibility index (Phi) is 3.86. The van der Waals surface area contributed by atoms with Crippen molar-refractivity contribution >= 4 is 0 Å². The number of pyridine rings is 2. The molecular formula is C15H18N2. The minimum Gasteiger partial charge on any atom is -0.261 e. The van der Waals surface area contributed by atoms with Gasteiger partial charge in [0.1, 0.15) is 0 Å². The maximum atomic E-state index is 4.31. The van der Waals surface area contributed by atoms with Gasteiger partial charge in [0, 0.05) is 23.8 Å². The lowest BCUT2D eigenvalue weighted by atomic mass is 10.0. The van der Waals surface area contributed by atoms with Crippen molar-refractivity contribution in [1.82, 2.24) is 9.97 Å². The molecule has 2 heterocycles. The van der Waals surface area contributed by atoms with Gasteiger partial charge in [-0.15, -0.1) is 0 Å². The lowest BCUT2D eigenvalue weighted by Gasteiger charge is -2.06. The first-order valence-corrected chi connectivity index (χ1v) is 6.08. The first-order valence-electron chi connectivity index (χ1n) is 6.08. The van der Waals surface area contributed by atoms with Gasteiger partial charge in [0.25, 0.3) is 0 Å². The van der Waals surface area contributed by atoms with E-state index in [9.17, 15) is 0 Å². The molecule has 0 saturated heterocycles. The molecule has 0 N–H and O–H groups in total. The zero-order chi connectivity index (χ0) is 12.1. The summed E-state index contributed by atoms with van der Waals surface area (Å²) in [5.41, 5.74) is 5.01. The second-order valence-electron chi connectivity index (χ2n) is 4.35. The lowest BCUT2D eigenvalue weighted by molar-refractivity contribution is 0.800. The van der Waals surface area contributed by atoms with E-state index in [1.807, 2.05) is 24.5 Å². The number of aromatic nitrogens is 2. The van der Waals surface area contributed by atoms with Crippen molar-refractivity contribution < 1.29 is 0 Å². The topological polar surface area (TPSA) is 25.8 Å². The van der Waals surface area contributed by atoms with Gasteiger partial charge in [-0.1, -0.05) is 12.1 Å². The van der Waals surface area contributed by atoms with E-state index in [1.165, 1.54) is 11.1 Å². The zero-order valence-corrected chi connectivity index (χ0v) is 10.5. The third kappa shape index (κ3) is 3.13. The number of hydrogen-bond acceptors (Lipinski definition) is 2. The van der Waals surface area contributed by atoms with Gasteiger partial charge in [-0.05, 0) is 56.4 Å². The molecule has 0 atom stereocenters. The van der Waals surface area contributed by atoms with Gasteiger partial charge in [-0.25, -0.2) is 0 Å². The van der Waals surface area contributed by atoms with Gasteiger partial charge in [-0.3, -0.25) is 9.97 Å². The standard InChI is InChI=1S/C15H18N2/c1-12-14(8-4-10-16-12)6-3-7-15-9-5-11-17-13(15)2/h4-5,8-11H,3,6-7H2,1-2H3. The minimum absolute atomic E-state index is 1.09. The molecule has 0 aliphatic carbocycles. The fourth-order valence-electron chi connectivity index (χ4n) is 2.03. The lowest BCUT2D eigenvalue weighted by Crippen LogP contribution is -1.96. The first kappa shape index (κ1) is 11.8. The summed E-state index contributed by atoms with van der Waals surface area (Å²) in [4.78, 5) is 8.62. The Labute approximate surface area is 103 Å². The Balaban J connectivity index is 1.93. The summed E-state index contributed by atoms with van der Waals surface area (Å²) in [5, 5.41) is 0. The highest BCUT2D eigenvalue weighted by Crippen LogP contribution is 2.11. The summed E-state index contributed by atoms with van der Waals surface area (Å²) in [6.45, 7) is 4.15. The van der Waals surface area contributed by atoms with Crippen LogP contribution in [-0.2, 0) is 12.8 Å². The van der Waals surface area contributed by atoms with E-state index in [0.29, 0.717) is 0 Å². The van der Waals surface area contributed by atoms with Crippen LogP contribution in [-0.4, -0.2) is 9.97 Å². The smallest absolute Gasteiger partial charge is 0.0404 e. The van der Waals surface area contributed by atoms with E-state index in [4.69, 9.17) is 0 Å². The predicted octanol–water partition coefficient (Wildman–Crippen LogP) is 3.27. The van der Waals surface area contributed by atoms with Gasteiger partial charge < -0.3 is 0 Å². The van der Waals surface area contributed by atoms with Crippen molar-refractivity contribution in [2.75, 3.05) is 0 Å². The Morgan fingerprint density at radius 2 is 1.29 bits per heavy atom. The van der Waals surface area contributed by atoms with Gasteiger partial charge in [0.15, 0.2) is 0 Å². The summed E-state index contributed by atoms with van der Waals surface area (Å²) >= 11 is 0. The molecule has 2 heteroatoms. The quantitative estimate of drug-likeness (QED) is 0.799. The summed E-state index contributed by atoms with van der Waals surface area (Å²) in [5.74, 6) is 0. The Bertz CT molecular complexity index is 446. The summed E-state index contributed by atoms with van der Waals surface area (Å²) in [6, 6.07) is 8.35. The van der Waals surface area contributed by atoms with Crippen LogP contribution in [0.15, 0.2) is 36.7 Å². The van der Waals surface area contributed by atoms with E-state index < -0.39 is 0 Å². The first-order chi connectivity index (χ1) is 8.27. The highest BCUT2D eigenvalue weighted by Gasteiger charge is 2.01. The molecule has 0 radical (unpaired) electrons. The average Bonchev–Trinajstić information content (AvgIpc) is 2.34. The molecule has 0 saturated carbocycles. The predicted molar refractivity (Wildman–Crippen MR) is 70.0 cm³/mol. The molecule has 0 aliphatic heterocycles. The van der Waals surface area contributed by atoms with Crippen LogP contribution in [0.4, 0.5) is 0 Å². The van der Waals surface area contributed by atoms with Gasteiger partial charge in [0.2, 0.25) is 0 Å². The molecule has 0 spiro atoms. The molecular weight excluding hydrogens is 208 g/mol. The SMILES string of the molecule is Cc1ncccc1CCCc1cccnc1C. The minimum atomic E-state index is 1.09. The van der Waals surface area contributed by atoms with Gasteiger partial charge in [0.05, 0.1) is 0 Å². The Morgan fingerprint density at radius 3 is 1.71 bits per heavy atom. The molecule has 0 unspecified atom stereocenters. The molecule has 2 rings (SSSR count). The van der Waals surface area contributed by atoms with E-state index in [1.54, 1.807) is 0 Å². The Morgan fingerprint density at radius 1 is 0.824 bits per heavy atom. The van der Waals surface area contributed by atoms with Crippen molar-refractivity contribution in [3.63, 3.8) is 0 Å². The number of hydrogen-bond donors (Lipinski definition) is 0. The normalized spacial score (nSPS) is 10.5. The van der Waals surface area contributed by atoms with Crippen LogP contribution in [0.3, 0.4) is 0 Å². The van der Waals surface area contributed by atoms with Crippen molar-refractivity contribution in [1.29, 1.82) is 0 Å². The summed E-state index contributed by atoms with van der Waals surface area (Å²) in [6.07, 6.45) is 7.04. The second-order valence-corrected chi connectivity index (χ2v) is 4.35. The molecule has 2 aromatic rings. The highest BCUT2D eigenvalue weighted by atomic mass is 14.7. The Hall–Kier alpha value is -1.70. The van der Waals surface area contributed by atoms with Crippen LogP contribution in [0.2, 0.25) is 0 Å². The van der Waals surface area contributed by atoms with Crippen LogP contribution in [0.5, 0.6) is 0 Å². The molecule has 17 heavy (non-hydrogen) atoms. The molecule has 88 valence electrons. The number of aryl methyl sites for hydroxylation is 4. The molecule has 0 aliphatic rings. The number of nitrogens with zero attached hydrogens (tertiary/aromatic N) is 2. The monoisotopic (exact) mass is 226 g/mol. The van der Waals surface area contributed by atoms with E-state index in [2.05, 4.69) is 35.9 Å². The van der Waals surface area contributed by atoms with Crippen molar-refractivity contribution in [2.24, 2.45) is 0 Å². The molecule has 0 aromatic carbocycles. The zero-order valence-electron chi connectivity index (χ0n) is 10.5. The van der Waals surface area contributed by atoms with Crippen LogP contribution < -0.4 is 0 Å². The summed E-state index contributed by atoms with van der Waals surface area (Å²) < 4.78 is 0. The van der Waals surface area contributed by atoms with Gasteiger partial charge in [-0.2, -0.15) is 0 Å². The molecule has 2 aromatic heterocycles. The molecule has 0 fully saturated rings. The van der Waals surface area contributed by atoms with Crippen molar-refractivity contribution in [3.05, 3.63) is 59.2 Å². The van der Waals surface area contributed by atoms with Crippen molar-refractivity contribution in [2.45, 2.75) is 33.1 Å². The average molecular weight is 226 g/mol. The maximum absolute atomic E-state index is 4.31. The van der Waals surface area contributed by atoms with E-state index in [-0.39, 0.29) is 0 Å². The van der Waals surface area contributed by atoms with Crippen LogP contribution in [0, 0.1) is 13.8 Å². The molecule has 0 bridgehead atoms. The maximum Gasteiger partial charge on any atom is 0.0404 e. The van der Waals surface area contributed by atoms with Gasteiger partial charge >= 0.3 is 0 Å². The molecule has 2 nitrogen and oxygen atoms in total. The largest absolute Gasteiger partial charge is 0.261 e. The summed E-state index contributed by atoms with van der Waals surface area (Å²) in [7, 11) is 0. The fraction of sp³-hybridized carbons (Fsp3) is 0.333. The molecule has 0 amide bonds. The van der Waals surface area contributed by atoms with E-state index >= 15 is 0 Å². The third-order valence-corrected chi connectivity index (χ3v) is 3.12. The van der Waals surface area contributed by atoms with Crippen LogP contribution in [0.25, 0.3) is 0 Å². The fourth-order valence-corrected chi connectivity index (χ4v) is 2.03. The van der Waals surface area contributed by atoms with E-state index in [0.717, 1.165) is 30.7 Å². The number of rotatable bonds is 4. The van der Waals surface area contributed by atoms with Crippen LogP contribution >= 0.6 is 0 Å². The third-order valence-electron chi connectivity index (χ3n) is 3.12. The van der Waals surface area contributed by atoms with Crippen molar-refractivity contribution in [3.8, 4) is 0 Å². The second kappa shape index (κ2) is 5.58. The highest BCUT2D eigenvalue weighted by molar-refractivity contribution is 5.21. The van der Waals surface area contributed by atoms with Crippen LogP contribution in [0.1, 0.15) is 28.9 Å².